The summed E-state index contributed by atoms with van der Waals surface area (Å²) in [6.07, 6.45) is 3.28. The summed E-state index contributed by atoms with van der Waals surface area (Å²) in [4.78, 5) is 0. The summed E-state index contributed by atoms with van der Waals surface area (Å²) in [6, 6.07) is 0. The largest absolute Gasteiger partial charge is 0.374 e. The average molecular weight is 373 g/mol. The molecule has 2 aromatic heterocycles. The van der Waals surface area contributed by atoms with E-state index in [9.17, 15) is 0 Å². The molecule has 0 atom stereocenters. The van der Waals surface area contributed by atoms with E-state index < -0.39 is 0 Å². The fourth-order valence-electron chi connectivity index (χ4n) is 0.696. The van der Waals surface area contributed by atoms with Gasteiger partial charge in [-0.25, -0.2) is 4.68 Å². The van der Waals surface area contributed by atoms with Crippen molar-refractivity contribution in [2.24, 2.45) is 0 Å². The Balaban J connectivity index is 0. The van der Waals surface area contributed by atoms with Crippen molar-refractivity contribution in [3.63, 3.8) is 0 Å². The zero-order valence-corrected chi connectivity index (χ0v) is 14.8. The van der Waals surface area contributed by atoms with Gasteiger partial charge in [-0.2, -0.15) is 0 Å². The van der Waals surface area contributed by atoms with Gasteiger partial charge >= 0.3 is 0 Å². The Morgan fingerprint density at radius 3 is 2.12 bits per heavy atom. The minimum Gasteiger partial charge on any atom is -0.374 e. The molecule has 0 aliphatic rings. The average Bonchev–Trinajstić information content (AvgIpc) is 2.77. The normalized spacial score (nSPS) is 8.19. The summed E-state index contributed by atoms with van der Waals surface area (Å²) in [5.41, 5.74) is 1.69. The Morgan fingerprint density at radius 2 is 1.94 bits per heavy atom. The molecule has 2 heterocycles. The molecule has 2 radical (unpaired) electrons. The summed E-state index contributed by atoms with van der Waals surface area (Å²) in [6.45, 7) is 3.57. The second-order valence-corrected chi connectivity index (χ2v) is 2.62. The third-order valence-corrected chi connectivity index (χ3v) is 1.30. The van der Waals surface area contributed by atoms with Crippen molar-refractivity contribution in [2.75, 3.05) is 0 Å². The van der Waals surface area contributed by atoms with Crippen LogP contribution in [0.25, 0.3) is 0 Å². The fraction of sp³-hybridized carbons (Fsp3) is 0.429. The van der Waals surface area contributed by atoms with Gasteiger partial charge in [-0.1, -0.05) is 17.1 Å². The van der Waals surface area contributed by atoms with Crippen molar-refractivity contribution in [3.8, 4) is 0 Å². The smallest absolute Gasteiger partial charge is 0.137 e. The Kier molecular flexibility index (Phi) is 12.4. The molecule has 2 aromatic rings. The minimum atomic E-state index is -0.0964. The topological polar surface area (TPSA) is 90.8 Å². The van der Waals surface area contributed by atoms with Gasteiger partial charge < -0.3 is 15.3 Å². The number of aryl methyl sites for hydroxylation is 2. The zero-order valence-electron chi connectivity index (χ0n) is 9.15. The van der Waals surface area contributed by atoms with Gasteiger partial charge in [0.05, 0.1) is 11.9 Å². The second kappa shape index (κ2) is 10.6. The summed E-state index contributed by atoms with van der Waals surface area (Å²) in [5.74, 6) is 0. The summed E-state index contributed by atoms with van der Waals surface area (Å²) in [7, 11) is 0. The van der Waals surface area contributed by atoms with Gasteiger partial charge in [-0.3, -0.25) is 5.21 Å². The quantitative estimate of drug-likeness (QED) is 0.710. The SMILES string of the molecule is Cc1c[n-]nn1.Cc1cn(CO)nn1.[Y].[Y]. The van der Waals surface area contributed by atoms with E-state index in [1.165, 1.54) is 4.68 Å². The first-order valence-corrected chi connectivity index (χ1v) is 3.97. The maximum Gasteiger partial charge on any atom is 0.137 e. The molecular weight excluding hydrogens is 362 g/mol. The molecule has 0 amide bonds. The van der Waals surface area contributed by atoms with Crippen LogP contribution in [0.2, 0.25) is 0 Å². The van der Waals surface area contributed by atoms with Crippen LogP contribution in [0, 0.1) is 13.8 Å². The predicted octanol–water partition coefficient (Wildman–Crippen LogP) is -0.726. The third kappa shape index (κ3) is 7.68. The Bertz CT molecular complexity index is 363. The van der Waals surface area contributed by atoms with Crippen molar-refractivity contribution in [2.45, 2.75) is 20.6 Å². The standard InChI is InChI=1S/C4H7N3O.C3H4N3.2Y/c1-4-2-7(3-8)6-5-4;1-3-2-4-6-5-3;;/h2,8H,3H2,1H3;2H,1H3;;/q;-1;;. The molecule has 1 N–H and O–H groups in total. The van der Waals surface area contributed by atoms with Gasteiger partial charge in [-0.05, 0) is 13.8 Å². The molecule has 16 heavy (non-hydrogen) atoms. The van der Waals surface area contributed by atoms with Gasteiger partial charge in [0, 0.05) is 65.4 Å². The number of rotatable bonds is 1. The zero-order chi connectivity index (χ0) is 10.4. The van der Waals surface area contributed by atoms with Crippen LogP contribution in [-0.2, 0) is 72.1 Å². The molecule has 0 fully saturated rings. The van der Waals surface area contributed by atoms with E-state index in [2.05, 4.69) is 25.7 Å². The van der Waals surface area contributed by atoms with E-state index in [4.69, 9.17) is 5.11 Å². The van der Waals surface area contributed by atoms with Gasteiger partial charge in [0.25, 0.3) is 0 Å². The summed E-state index contributed by atoms with van der Waals surface area (Å²) >= 11 is 0. The number of hydrogen-bond donors (Lipinski definition) is 1. The van der Waals surface area contributed by atoms with E-state index in [-0.39, 0.29) is 72.1 Å². The van der Waals surface area contributed by atoms with E-state index >= 15 is 0 Å². The van der Waals surface area contributed by atoms with Crippen molar-refractivity contribution in [1.29, 1.82) is 0 Å². The van der Waals surface area contributed by atoms with Crippen LogP contribution in [-0.4, -0.2) is 30.4 Å². The Morgan fingerprint density at radius 1 is 1.25 bits per heavy atom. The molecule has 9 heteroatoms. The first-order chi connectivity index (χ1) is 6.72. The maximum atomic E-state index is 8.41. The molecular formula is C7H11N6OY2-. The van der Waals surface area contributed by atoms with Gasteiger partial charge in [0.2, 0.25) is 0 Å². The molecule has 0 aliphatic carbocycles. The van der Waals surface area contributed by atoms with Crippen molar-refractivity contribution in [3.05, 3.63) is 23.8 Å². The molecule has 0 spiro atoms. The molecule has 0 saturated carbocycles. The molecule has 0 bridgehead atoms. The first-order valence-electron chi connectivity index (χ1n) is 3.97. The molecule has 0 saturated heterocycles. The van der Waals surface area contributed by atoms with Crippen LogP contribution in [0.1, 0.15) is 11.4 Å². The summed E-state index contributed by atoms with van der Waals surface area (Å²) in [5, 5.41) is 25.9. The number of aliphatic hydroxyl groups is 1. The number of aromatic nitrogens is 6. The van der Waals surface area contributed by atoms with Crippen LogP contribution in [0.3, 0.4) is 0 Å². The molecule has 82 valence electrons. The van der Waals surface area contributed by atoms with Crippen LogP contribution in [0.15, 0.2) is 12.4 Å². The van der Waals surface area contributed by atoms with Crippen LogP contribution in [0.4, 0.5) is 0 Å². The Labute approximate surface area is 144 Å². The third-order valence-electron chi connectivity index (χ3n) is 1.30. The number of hydrogen-bond acceptors (Lipinski definition) is 5. The van der Waals surface area contributed by atoms with E-state index in [1.807, 2.05) is 13.8 Å². The molecule has 0 unspecified atom stereocenters. The second-order valence-electron chi connectivity index (χ2n) is 2.62. The van der Waals surface area contributed by atoms with Crippen molar-refractivity contribution >= 4 is 0 Å². The van der Waals surface area contributed by atoms with Crippen molar-refractivity contribution < 1.29 is 70.5 Å². The maximum absolute atomic E-state index is 8.41. The first kappa shape index (κ1) is 18.8. The number of aliphatic hydroxyl groups excluding tert-OH is 1. The van der Waals surface area contributed by atoms with Gasteiger partial charge in [0.1, 0.15) is 6.73 Å². The van der Waals surface area contributed by atoms with E-state index in [0.717, 1.165) is 11.4 Å². The van der Waals surface area contributed by atoms with E-state index in [1.54, 1.807) is 12.4 Å². The van der Waals surface area contributed by atoms with Crippen LogP contribution >= 0.6 is 0 Å². The summed E-state index contributed by atoms with van der Waals surface area (Å²) < 4.78 is 1.36. The fourth-order valence-corrected chi connectivity index (χ4v) is 0.696. The van der Waals surface area contributed by atoms with Crippen LogP contribution < -0.4 is 5.10 Å². The monoisotopic (exact) mass is 373 g/mol. The predicted molar refractivity (Wildman–Crippen MR) is 47.1 cm³/mol. The molecule has 0 aliphatic heterocycles. The van der Waals surface area contributed by atoms with Gasteiger partial charge in [0.15, 0.2) is 0 Å². The molecule has 2 rings (SSSR count). The van der Waals surface area contributed by atoms with Crippen LogP contribution in [0.5, 0.6) is 0 Å². The molecule has 0 aromatic carbocycles. The minimum absolute atomic E-state index is 0. The molecule has 7 nitrogen and oxygen atoms in total. The Hall–Kier alpha value is 0.448. The van der Waals surface area contributed by atoms with E-state index in [0.29, 0.717) is 0 Å². The van der Waals surface area contributed by atoms with Crippen molar-refractivity contribution in [1.82, 2.24) is 30.4 Å². The number of nitrogens with zero attached hydrogens (tertiary/aromatic N) is 6. The van der Waals surface area contributed by atoms with Gasteiger partial charge in [-0.15, -0.1) is 5.10 Å².